The Balaban J connectivity index is 2.18. The van der Waals surface area contributed by atoms with Crippen molar-refractivity contribution >= 4 is 11.6 Å². The maximum absolute atomic E-state index is 12.7. The zero-order valence-corrected chi connectivity index (χ0v) is 12.5. The number of hydrogen-bond acceptors (Lipinski definition) is 2. The first-order chi connectivity index (χ1) is 9.79. The molecule has 2 nitrogen and oxygen atoms in total. The average molecular weight is 319 g/mol. The van der Waals surface area contributed by atoms with Gasteiger partial charge >= 0.3 is 6.18 Å². The molecule has 1 heterocycles. The topological polar surface area (TPSA) is 29.3 Å². The van der Waals surface area contributed by atoms with Crippen molar-refractivity contribution in [1.29, 1.82) is 0 Å². The van der Waals surface area contributed by atoms with Gasteiger partial charge in [0.25, 0.3) is 0 Å². The first kappa shape index (κ1) is 16.3. The largest absolute Gasteiger partial charge is 0.412 e. The Kier molecular flexibility index (Phi) is 4.96. The molecule has 116 valence electrons. The maximum atomic E-state index is 12.7. The van der Waals surface area contributed by atoms with Crippen LogP contribution in [0.15, 0.2) is 35.9 Å². The number of alkyl halides is 3. The molecule has 0 saturated carbocycles. The standard InChI is InChI=1S/C15H18ClF3N2/c1-10(20)14(11-2-4-13(16)5-3-11)21-8-6-12(7-9-21)15(17,18)19/h2-6,10,14H,7-9,20H2,1H3. The second-order valence-corrected chi connectivity index (χ2v) is 5.76. The van der Waals surface area contributed by atoms with Crippen LogP contribution in [0, 0.1) is 0 Å². The van der Waals surface area contributed by atoms with Crippen LogP contribution in [0.25, 0.3) is 0 Å². The molecule has 2 unspecified atom stereocenters. The summed E-state index contributed by atoms with van der Waals surface area (Å²) >= 11 is 5.87. The molecule has 0 radical (unpaired) electrons. The number of hydrogen-bond donors (Lipinski definition) is 1. The third-order valence-electron chi connectivity index (χ3n) is 3.71. The van der Waals surface area contributed by atoms with Gasteiger partial charge in [-0.2, -0.15) is 13.2 Å². The van der Waals surface area contributed by atoms with E-state index in [1.165, 1.54) is 6.08 Å². The summed E-state index contributed by atoms with van der Waals surface area (Å²) in [5, 5.41) is 0.625. The predicted molar refractivity (Wildman–Crippen MR) is 78.2 cm³/mol. The van der Waals surface area contributed by atoms with E-state index in [9.17, 15) is 13.2 Å². The van der Waals surface area contributed by atoms with Crippen molar-refractivity contribution in [3.8, 4) is 0 Å². The third kappa shape index (κ3) is 3.99. The lowest BCUT2D eigenvalue weighted by atomic mass is 9.96. The molecule has 0 aliphatic carbocycles. The lowest BCUT2D eigenvalue weighted by molar-refractivity contribution is -0.0965. The molecule has 2 rings (SSSR count). The number of nitrogens with zero attached hydrogens (tertiary/aromatic N) is 1. The highest BCUT2D eigenvalue weighted by atomic mass is 35.5. The van der Waals surface area contributed by atoms with E-state index < -0.39 is 11.7 Å². The van der Waals surface area contributed by atoms with Gasteiger partial charge in [0.2, 0.25) is 0 Å². The Morgan fingerprint density at radius 1 is 1.24 bits per heavy atom. The van der Waals surface area contributed by atoms with Crippen LogP contribution < -0.4 is 5.73 Å². The fourth-order valence-corrected chi connectivity index (χ4v) is 2.83. The fourth-order valence-electron chi connectivity index (χ4n) is 2.70. The van der Waals surface area contributed by atoms with Crippen LogP contribution in [0.4, 0.5) is 13.2 Å². The summed E-state index contributed by atoms with van der Waals surface area (Å²) in [6, 6.07) is 6.99. The summed E-state index contributed by atoms with van der Waals surface area (Å²) in [4.78, 5) is 1.98. The lowest BCUT2D eigenvalue weighted by Crippen LogP contribution is -2.42. The summed E-state index contributed by atoms with van der Waals surface area (Å²) in [6.07, 6.45) is -2.97. The van der Waals surface area contributed by atoms with Crippen molar-refractivity contribution < 1.29 is 13.2 Å². The van der Waals surface area contributed by atoms with Gasteiger partial charge in [-0.25, -0.2) is 0 Å². The van der Waals surface area contributed by atoms with Gasteiger partial charge < -0.3 is 5.73 Å². The van der Waals surface area contributed by atoms with E-state index in [0.29, 0.717) is 11.6 Å². The van der Waals surface area contributed by atoms with E-state index in [2.05, 4.69) is 0 Å². The van der Waals surface area contributed by atoms with E-state index in [-0.39, 0.29) is 25.0 Å². The van der Waals surface area contributed by atoms with Gasteiger partial charge in [0.15, 0.2) is 0 Å². The highest BCUT2D eigenvalue weighted by Crippen LogP contribution is 2.33. The van der Waals surface area contributed by atoms with Crippen molar-refractivity contribution in [2.24, 2.45) is 5.73 Å². The number of rotatable bonds is 3. The number of nitrogens with two attached hydrogens (primary N) is 1. The predicted octanol–water partition coefficient (Wildman–Crippen LogP) is 3.92. The van der Waals surface area contributed by atoms with Crippen molar-refractivity contribution in [2.75, 3.05) is 13.1 Å². The van der Waals surface area contributed by atoms with Gasteiger partial charge in [0, 0.05) is 35.8 Å². The Bertz CT molecular complexity index is 509. The minimum atomic E-state index is -4.23. The minimum Gasteiger partial charge on any atom is -0.326 e. The zero-order valence-electron chi connectivity index (χ0n) is 11.7. The molecule has 0 saturated heterocycles. The van der Waals surface area contributed by atoms with Gasteiger partial charge in [0.05, 0.1) is 0 Å². The molecule has 0 aromatic heterocycles. The van der Waals surface area contributed by atoms with Gasteiger partial charge in [-0.1, -0.05) is 29.8 Å². The monoisotopic (exact) mass is 318 g/mol. The molecule has 0 amide bonds. The number of halogens is 4. The van der Waals surface area contributed by atoms with Gasteiger partial charge in [0.1, 0.15) is 0 Å². The van der Waals surface area contributed by atoms with Crippen LogP contribution in [-0.4, -0.2) is 30.2 Å². The van der Waals surface area contributed by atoms with Crippen LogP contribution in [0.1, 0.15) is 24.9 Å². The summed E-state index contributed by atoms with van der Waals surface area (Å²) < 4.78 is 38.0. The normalized spacial score (nSPS) is 20.0. The lowest BCUT2D eigenvalue weighted by Gasteiger charge is -2.36. The van der Waals surface area contributed by atoms with Crippen molar-refractivity contribution in [2.45, 2.75) is 31.6 Å². The molecular formula is C15H18ClF3N2. The van der Waals surface area contributed by atoms with Crippen LogP contribution in [0.2, 0.25) is 5.02 Å². The average Bonchev–Trinajstić information content (AvgIpc) is 2.40. The van der Waals surface area contributed by atoms with Crippen LogP contribution in [0.5, 0.6) is 0 Å². The van der Waals surface area contributed by atoms with E-state index in [4.69, 9.17) is 17.3 Å². The fraction of sp³-hybridized carbons (Fsp3) is 0.467. The Labute approximate surface area is 127 Å². The third-order valence-corrected chi connectivity index (χ3v) is 3.96. The van der Waals surface area contributed by atoms with Gasteiger partial charge in [-0.05, 0) is 31.0 Å². The first-order valence-corrected chi connectivity index (χ1v) is 7.18. The van der Waals surface area contributed by atoms with Gasteiger partial charge in [-0.3, -0.25) is 4.90 Å². The SMILES string of the molecule is CC(N)C(c1ccc(Cl)cc1)N1CC=C(C(F)(F)F)CC1. The molecule has 21 heavy (non-hydrogen) atoms. The summed E-state index contributed by atoms with van der Waals surface area (Å²) in [7, 11) is 0. The second kappa shape index (κ2) is 6.38. The van der Waals surface area contributed by atoms with Crippen molar-refractivity contribution in [1.82, 2.24) is 4.90 Å². The Hall–Kier alpha value is -1.04. The van der Waals surface area contributed by atoms with Crippen LogP contribution >= 0.6 is 11.6 Å². The highest BCUT2D eigenvalue weighted by Gasteiger charge is 2.36. The van der Waals surface area contributed by atoms with Crippen molar-refractivity contribution in [3.63, 3.8) is 0 Å². The zero-order chi connectivity index (χ0) is 15.6. The quantitative estimate of drug-likeness (QED) is 0.856. The molecule has 2 N–H and O–H groups in total. The molecule has 2 atom stereocenters. The smallest absolute Gasteiger partial charge is 0.326 e. The van der Waals surface area contributed by atoms with E-state index >= 15 is 0 Å². The molecule has 1 aromatic carbocycles. The highest BCUT2D eigenvalue weighted by molar-refractivity contribution is 6.30. The van der Waals surface area contributed by atoms with E-state index in [1.807, 2.05) is 24.0 Å². The maximum Gasteiger partial charge on any atom is 0.412 e. The molecule has 1 aromatic rings. The second-order valence-electron chi connectivity index (χ2n) is 5.33. The van der Waals surface area contributed by atoms with Gasteiger partial charge in [-0.15, -0.1) is 0 Å². The molecule has 1 aliphatic rings. The summed E-state index contributed by atoms with van der Waals surface area (Å²) in [6.45, 7) is 2.46. The molecule has 1 aliphatic heterocycles. The molecule has 0 fully saturated rings. The molecule has 0 bridgehead atoms. The molecule has 0 spiro atoms. The number of benzene rings is 1. The van der Waals surface area contributed by atoms with E-state index in [0.717, 1.165) is 5.56 Å². The Morgan fingerprint density at radius 3 is 2.29 bits per heavy atom. The van der Waals surface area contributed by atoms with E-state index in [1.54, 1.807) is 12.1 Å². The van der Waals surface area contributed by atoms with Crippen LogP contribution in [0.3, 0.4) is 0 Å². The summed E-state index contributed by atoms with van der Waals surface area (Å²) in [5.41, 5.74) is 6.57. The summed E-state index contributed by atoms with van der Waals surface area (Å²) in [5.74, 6) is 0. The van der Waals surface area contributed by atoms with Crippen molar-refractivity contribution in [3.05, 3.63) is 46.5 Å². The first-order valence-electron chi connectivity index (χ1n) is 6.80. The minimum absolute atomic E-state index is 0.000307. The Morgan fingerprint density at radius 2 is 1.86 bits per heavy atom. The molecule has 6 heteroatoms. The van der Waals surface area contributed by atoms with Crippen LogP contribution in [-0.2, 0) is 0 Å². The molecular weight excluding hydrogens is 301 g/mol.